The summed E-state index contributed by atoms with van der Waals surface area (Å²) < 4.78 is 0. The van der Waals surface area contributed by atoms with Crippen molar-refractivity contribution in [2.24, 2.45) is 5.92 Å². The second-order valence-electron chi connectivity index (χ2n) is 4.66. The largest absolute Gasteiger partial charge is 0.481 e. The Bertz CT molecular complexity index is 648. The third-order valence-corrected chi connectivity index (χ3v) is 3.91. The summed E-state index contributed by atoms with van der Waals surface area (Å²) >= 11 is 1.42. The van der Waals surface area contributed by atoms with Gasteiger partial charge in [-0.2, -0.15) is 5.26 Å². The molecule has 0 aliphatic heterocycles. The lowest BCUT2D eigenvalue weighted by Gasteiger charge is -2.20. The van der Waals surface area contributed by atoms with Crippen molar-refractivity contribution >= 4 is 22.4 Å². The lowest BCUT2D eigenvalue weighted by molar-refractivity contribution is -0.140. The van der Waals surface area contributed by atoms with Crippen molar-refractivity contribution in [2.45, 2.75) is 6.92 Å². The van der Waals surface area contributed by atoms with Gasteiger partial charge in [0.15, 0.2) is 5.13 Å². The Kier molecular flexibility index (Phi) is 4.90. The summed E-state index contributed by atoms with van der Waals surface area (Å²) in [5, 5.41) is 20.5. The number of thiazole rings is 1. The molecule has 108 valence electrons. The first-order chi connectivity index (χ1) is 10.1. The van der Waals surface area contributed by atoms with Gasteiger partial charge >= 0.3 is 5.97 Å². The average Bonchev–Trinajstić information content (AvgIpc) is 2.97. The van der Waals surface area contributed by atoms with Crippen LogP contribution in [0.1, 0.15) is 6.92 Å². The Labute approximate surface area is 127 Å². The summed E-state index contributed by atoms with van der Waals surface area (Å²) in [5.41, 5.74) is 1.84. The highest BCUT2D eigenvalue weighted by molar-refractivity contribution is 7.14. The van der Waals surface area contributed by atoms with Gasteiger partial charge in [-0.15, -0.1) is 11.3 Å². The van der Waals surface area contributed by atoms with E-state index in [1.54, 1.807) is 11.8 Å². The number of carboxylic acids is 1. The van der Waals surface area contributed by atoms with Crippen LogP contribution in [0.25, 0.3) is 11.3 Å². The predicted octanol–water partition coefficient (Wildman–Crippen LogP) is 2.86. The summed E-state index contributed by atoms with van der Waals surface area (Å²) in [5.74, 6) is -1.43. The molecule has 0 aliphatic rings. The Hall–Kier alpha value is -2.39. The molecule has 0 fully saturated rings. The van der Waals surface area contributed by atoms with Crippen molar-refractivity contribution in [2.75, 3.05) is 18.0 Å². The van der Waals surface area contributed by atoms with E-state index in [1.807, 2.05) is 35.7 Å². The minimum absolute atomic E-state index is 0.124. The molecule has 2 rings (SSSR count). The summed E-state index contributed by atoms with van der Waals surface area (Å²) in [6.45, 7) is 2.02. The molecule has 0 aliphatic carbocycles. The van der Waals surface area contributed by atoms with Crippen LogP contribution in [0.5, 0.6) is 0 Å². The third-order valence-electron chi connectivity index (χ3n) is 3.01. The first-order valence-electron chi connectivity index (χ1n) is 6.47. The van der Waals surface area contributed by atoms with Crippen LogP contribution in [0.2, 0.25) is 0 Å². The van der Waals surface area contributed by atoms with E-state index in [-0.39, 0.29) is 13.1 Å². The molecule has 0 radical (unpaired) electrons. The fourth-order valence-electron chi connectivity index (χ4n) is 1.86. The van der Waals surface area contributed by atoms with Gasteiger partial charge in [0.05, 0.1) is 17.7 Å². The lowest BCUT2D eigenvalue weighted by atomic mass is 10.2. The number of benzene rings is 1. The zero-order chi connectivity index (χ0) is 15.2. The number of hydrogen-bond donors (Lipinski definition) is 1. The van der Waals surface area contributed by atoms with E-state index in [1.165, 1.54) is 11.3 Å². The standard InChI is InChI=1S/C15H15N3O2S/c1-11(14(19)20)9-18(8-7-16)15-17-13(10-21-15)12-5-3-2-4-6-12/h2-6,10-11H,8-9H2,1H3,(H,19,20). The van der Waals surface area contributed by atoms with E-state index in [9.17, 15) is 4.79 Å². The second kappa shape index (κ2) is 6.86. The van der Waals surface area contributed by atoms with Crippen molar-refractivity contribution in [3.63, 3.8) is 0 Å². The van der Waals surface area contributed by atoms with Crippen molar-refractivity contribution in [3.8, 4) is 17.3 Å². The van der Waals surface area contributed by atoms with E-state index in [4.69, 9.17) is 10.4 Å². The Morgan fingerprint density at radius 3 is 2.81 bits per heavy atom. The van der Waals surface area contributed by atoms with E-state index in [0.717, 1.165) is 11.3 Å². The van der Waals surface area contributed by atoms with Crippen LogP contribution in [-0.2, 0) is 4.79 Å². The minimum Gasteiger partial charge on any atom is -0.481 e. The molecule has 0 amide bonds. The average molecular weight is 301 g/mol. The molecule has 1 N–H and O–H groups in total. The normalized spacial score (nSPS) is 11.6. The number of rotatable bonds is 6. The highest BCUT2D eigenvalue weighted by Gasteiger charge is 2.19. The van der Waals surface area contributed by atoms with Crippen LogP contribution in [0.3, 0.4) is 0 Å². The van der Waals surface area contributed by atoms with Gasteiger partial charge in [0.2, 0.25) is 0 Å². The van der Waals surface area contributed by atoms with Crippen molar-refractivity contribution in [1.82, 2.24) is 4.98 Å². The first kappa shape index (κ1) is 15.0. The van der Waals surface area contributed by atoms with Gasteiger partial charge in [-0.3, -0.25) is 4.79 Å². The number of carbonyl (C=O) groups is 1. The monoisotopic (exact) mass is 301 g/mol. The van der Waals surface area contributed by atoms with Crippen LogP contribution in [-0.4, -0.2) is 29.1 Å². The molecule has 1 unspecified atom stereocenters. The maximum Gasteiger partial charge on any atom is 0.308 e. The molecule has 1 atom stereocenters. The highest BCUT2D eigenvalue weighted by Crippen LogP contribution is 2.27. The highest BCUT2D eigenvalue weighted by atomic mass is 32.1. The Balaban J connectivity index is 2.20. The molecule has 2 aromatic rings. The molecule has 0 spiro atoms. The van der Waals surface area contributed by atoms with E-state index in [0.29, 0.717) is 5.13 Å². The summed E-state index contributed by atoms with van der Waals surface area (Å²) in [7, 11) is 0. The zero-order valence-corrected chi connectivity index (χ0v) is 12.4. The minimum atomic E-state index is -0.877. The maximum atomic E-state index is 11.0. The number of nitrogens with zero attached hydrogens (tertiary/aromatic N) is 3. The molecule has 1 heterocycles. The molecule has 0 bridgehead atoms. The van der Waals surface area contributed by atoms with Crippen molar-refractivity contribution < 1.29 is 9.90 Å². The fourth-order valence-corrected chi connectivity index (χ4v) is 2.70. The van der Waals surface area contributed by atoms with E-state index >= 15 is 0 Å². The predicted molar refractivity (Wildman–Crippen MR) is 82.2 cm³/mol. The molecule has 1 aromatic heterocycles. The summed E-state index contributed by atoms with van der Waals surface area (Å²) in [6.07, 6.45) is 0. The molecule has 5 nitrogen and oxygen atoms in total. The molecular formula is C15H15N3O2S. The number of aromatic nitrogens is 1. The van der Waals surface area contributed by atoms with Crippen molar-refractivity contribution in [1.29, 1.82) is 5.26 Å². The van der Waals surface area contributed by atoms with Gasteiger partial charge in [-0.25, -0.2) is 4.98 Å². The molecule has 0 saturated heterocycles. The van der Waals surface area contributed by atoms with Crippen molar-refractivity contribution in [3.05, 3.63) is 35.7 Å². The SMILES string of the molecule is CC(CN(CC#N)c1nc(-c2ccccc2)cs1)C(=O)O. The van der Waals surface area contributed by atoms with Crippen LogP contribution >= 0.6 is 11.3 Å². The maximum absolute atomic E-state index is 11.0. The smallest absolute Gasteiger partial charge is 0.308 e. The van der Waals surface area contributed by atoms with Crippen LogP contribution in [0.15, 0.2) is 35.7 Å². The number of hydrogen-bond acceptors (Lipinski definition) is 5. The third kappa shape index (κ3) is 3.80. The summed E-state index contributed by atoms with van der Waals surface area (Å²) in [6, 6.07) is 11.8. The van der Waals surface area contributed by atoms with Gasteiger partial charge in [-0.1, -0.05) is 37.3 Å². The molecule has 1 aromatic carbocycles. The van der Waals surface area contributed by atoms with Gasteiger partial charge in [0.1, 0.15) is 6.54 Å². The van der Waals surface area contributed by atoms with Gasteiger partial charge < -0.3 is 10.0 Å². The van der Waals surface area contributed by atoms with Gasteiger partial charge in [0.25, 0.3) is 0 Å². The number of carboxylic acid groups (broad SMARTS) is 1. The van der Waals surface area contributed by atoms with Crippen LogP contribution in [0.4, 0.5) is 5.13 Å². The number of aliphatic carboxylic acids is 1. The second-order valence-corrected chi connectivity index (χ2v) is 5.50. The zero-order valence-electron chi connectivity index (χ0n) is 11.6. The number of nitriles is 1. The molecular weight excluding hydrogens is 286 g/mol. The van der Waals surface area contributed by atoms with Crippen LogP contribution in [0, 0.1) is 17.2 Å². The fraction of sp³-hybridized carbons (Fsp3) is 0.267. The Morgan fingerprint density at radius 1 is 1.48 bits per heavy atom. The van der Waals surface area contributed by atoms with E-state index in [2.05, 4.69) is 11.1 Å². The number of anilines is 1. The molecule has 0 saturated carbocycles. The van der Waals surface area contributed by atoms with Crippen LogP contribution < -0.4 is 4.90 Å². The van der Waals surface area contributed by atoms with E-state index < -0.39 is 11.9 Å². The topological polar surface area (TPSA) is 77.2 Å². The first-order valence-corrected chi connectivity index (χ1v) is 7.35. The van der Waals surface area contributed by atoms with Gasteiger partial charge in [-0.05, 0) is 0 Å². The Morgan fingerprint density at radius 2 is 2.19 bits per heavy atom. The van der Waals surface area contributed by atoms with Gasteiger partial charge in [0, 0.05) is 17.5 Å². The lowest BCUT2D eigenvalue weighted by Crippen LogP contribution is -2.32. The summed E-state index contributed by atoms with van der Waals surface area (Å²) in [4.78, 5) is 17.2. The quantitative estimate of drug-likeness (QED) is 0.830. The molecule has 21 heavy (non-hydrogen) atoms. The molecule has 6 heteroatoms.